The minimum Gasteiger partial charge on any atom is -0.489 e. The molecule has 0 saturated carbocycles. The van der Waals surface area contributed by atoms with E-state index < -0.39 is 0 Å². The van der Waals surface area contributed by atoms with Crippen LogP contribution in [-0.4, -0.2) is 19.3 Å². The molecule has 3 nitrogen and oxygen atoms in total. The summed E-state index contributed by atoms with van der Waals surface area (Å²) in [7, 11) is 0. The van der Waals surface area contributed by atoms with Crippen LogP contribution in [0.1, 0.15) is 24.1 Å². The van der Waals surface area contributed by atoms with Crippen molar-refractivity contribution in [2.75, 3.05) is 13.2 Å². The van der Waals surface area contributed by atoms with E-state index in [0.717, 1.165) is 18.0 Å². The van der Waals surface area contributed by atoms with Gasteiger partial charge in [0.15, 0.2) is 6.10 Å². The fourth-order valence-corrected chi connectivity index (χ4v) is 2.69. The van der Waals surface area contributed by atoms with Gasteiger partial charge in [0.1, 0.15) is 18.1 Å². The highest BCUT2D eigenvalue weighted by Crippen LogP contribution is 2.33. The van der Waals surface area contributed by atoms with E-state index in [-0.39, 0.29) is 12.1 Å². The van der Waals surface area contributed by atoms with Gasteiger partial charge in [-0.15, -0.1) is 0 Å². The summed E-state index contributed by atoms with van der Waals surface area (Å²) in [5.41, 5.74) is 2.40. The number of para-hydroxylation sites is 1. The monoisotopic (exact) mass is 283 g/mol. The van der Waals surface area contributed by atoms with Gasteiger partial charge in [0, 0.05) is 5.56 Å². The highest BCUT2D eigenvalue weighted by molar-refractivity contribution is 5.39. The SMILES string of the molecule is CCNC1c2ccccc2OCC1Oc1ccc(C)cc1. The van der Waals surface area contributed by atoms with Crippen LogP contribution >= 0.6 is 0 Å². The van der Waals surface area contributed by atoms with Crippen LogP contribution < -0.4 is 14.8 Å². The summed E-state index contributed by atoms with van der Waals surface area (Å²) in [6, 6.07) is 16.5. The van der Waals surface area contributed by atoms with Gasteiger partial charge in [-0.1, -0.05) is 42.8 Å². The fourth-order valence-electron chi connectivity index (χ4n) is 2.69. The highest BCUT2D eigenvalue weighted by Gasteiger charge is 2.31. The maximum atomic E-state index is 6.14. The summed E-state index contributed by atoms with van der Waals surface area (Å²) in [5.74, 6) is 1.84. The van der Waals surface area contributed by atoms with Crippen molar-refractivity contribution < 1.29 is 9.47 Å². The summed E-state index contributed by atoms with van der Waals surface area (Å²) in [4.78, 5) is 0. The second-order valence-electron chi connectivity index (χ2n) is 5.35. The molecule has 0 aliphatic carbocycles. The van der Waals surface area contributed by atoms with E-state index in [0.29, 0.717) is 6.61 Å². The van der Waals surface area contributed by atoms with Crippen molar-refractivity contribution in [3.63, 3.8) is 0 Å². The first-order valence-corrected chi connectivity index (χ1v) is 7.46. The van der Waals surface area contributed by atoms with Crippen LogP contribution in [0.2, 0.25) is 0 Å². The van der Waals surface area contributed by atoms with Gasteiger partial charge < -0.3 is 14.8 Å². The number of hydrogen-bond donors (Lipinski definition) is 1. The molecule has 2 aromatic rings. The van der Waals surface area contributed by atoms with E-state index >= 15 is 0 Å². The molecule has 2 aromatic carbocycles. The number of aryl methyl sites for hydroxylation is 1. The molecule has 1 aliphatic rings. The van der Waals surface area contributed by atoms with Crippen molar-refractivity contribution in [2.45, 2.75) is 26.0 Å². The molecule has 0 amide bonds. The second-order valence-corrected chi connectivity index (χ2v) is 5.35. The van der Waals surface area contributed by atoms with Crippen LogP contribution in [0.5, 0.6) is 11.5 Å². The fraction of sp³-hybridized carbons (Fsp3) is 0.333. The molecule has 2 atom stereocenters. The van der Waals surface area contributed by atoms with Gasteiger partial charge in [0.05, 0.1) is 6.04 Å². The minimum atomic E-state index is -0.0254. The molecule has 110 valence electrons. The first-order valence-electron chi connectivity index (χ1n) is 7.46. The van der Waals surface area contributed by atoms with Crippen molar-refractivity contribution in [1.29, 1.82) is 0 Å². The zero-order chi connectivity index (χ0) is 14.7. The number of ether oxygens (including phenoxy) is 2. The largest absolute Gasteiger partial charge is 0.489 e. The van der Waals surface area contributed by atoms with Crippen molar-refractivity contribution in [1.82, 2.24) is 5.32 Å². The summed E-state index contributed by atoms with van der Waals surface area (Å²) in [6.45, 7) is 5.64. The maximum Gasteiger partial charge on any atom is 0.152 e. The van der Waals surface area contributed by atoms with E-state index in [4.69, 9.17) is 9.47 Å². The zero-order valence-electron chi connectivity index (χ0n) is 12.5. The quantitative estimate of drug-likeness (QED) is 0.931. The van der Waals surface area contributed by atoms with Crippen molar-refractivity contribution in [2.24, 2.45) is 0 Å². The van der Waals surface area contributed by atoms with E-state index in [2.05, 4.69) is 37.4 Å². The van der Waals surface area contributed by atoms with Crippen LogP contribution in [0.4, 0.5) is 0 Å². The molecule has 21 heavy (non-hydrogen) atoms. The first-order chi connectivity index (χ1) is 10.3. The molecule has 0 radical (unpaired) electrons. The number of likely N-dealkylation sites (N-methyl/N-ethyl adjacent to an activating group) is 1. The van der Waals surface area contributed by atoms with Gasteiger partial charge in [-0.05, 0) is 31.7 Å². The maximum absolute atomic E-state index is 6.14. The Kier molecular flexibility index (Phi) is 4.11. The molecule has 2 unspecified atom stereocenters. The van der Waals surface area contributed by atoms with Gasteiger partial charge in [0.25, 0.3) is 0 Å². The standard InChI is InChI=1S/C18H21NO2/c1-3-19-18-15-6-4-5-7-16(15)20-12-17(18)21-14-10-8-13(2)9-11-14/h4-11,17-19H,3,12H2,1-2H3. The Balaban J connectivity index is 1.83. The number of rotatable bonds is 4. The number of hydrogen-bond acceptors (Lipinski definition) is 3. The topological polar surface area (TPSA) is 30.5 Å². The number of benzene rings is 2. The Morgan fingerprint density at radius 1 is 1.14 bits per heavy atom. The van der Waals surface area contributed by atoms with Crippen LogP contribution in [-0.2, 0) is 0 Å². The zero-order valence-corrected chi connectivity index (χ0v) is 12.5. The lowest BCUT2D eigenvalue weighted by atomic mass is 9.98. The lowest BCUT2D eigenvalue weighted by Gasteiger charge is -2.34. The Hall–Kier alpha value is -2.00. The van der Waals surface area contributed by atoms with Crippen molar-refractivity contribution in [3.8, 4) is 11.5 Å². The highest BCUT2D eigenvalue weighted by atomic mass is 16.5. The van der Waals surface area contributed by atoms with Crippen LogP contribution in [0.3, 0.4) is 0 Å². The number of nitrogens with one attached hydrogen (secondary N) is 1. The third kappa shape index (κ3) is 3.03. The molecular weight excluding hydrogens is 262 g/mol. The van der Waals surface area contributed by atoms with Gasteiger partial charge in [-0.25, -0.2) is 0 Å². The summed E-state index contributed by atoms with van der Waals surface area (Å²) in [5, 5.41) is 3.52. The Bertz CT molecular complexity index is 594. The summed E-state index contributed by atoms with van der Waals surface area (Å²) < 4.78 is 12.0. The number of fused-ring (bicyclic) bond motifs is 1. The first kappa shape index (κ1) is 14.0. The Morgan fingerprint density at radius 2 is 1.90 bits per heavy atom. The third-order valence-corrected chi connectivity index (χ3v) is 3.76. The van der Waals surface area contributed by atoms with Gasteiger partial charge >= 0.3 is 0 Å². The average molecular weight is 283 g/mol. The molecule has 3 heteroatoms. The molecule has 0 fully saturated rings. The van der Waals surface area contributed by atoms with E-state index in [1.807, 2.05) is 30.3 Å². The van der Waals surface area contributed by atoms with Crippen LogP contribution in [0.15, 0.2) is 48.5 Å². The molecule has 3 rings (SSSR count). The summed E-state index contributed by atoms with van der Waals surface area (Å²) in [6.07, 6.45) is -0.0254. The van der Waals surface area contributed by atoms with Crippen LogP contribution in [0, 0.1) is 6.92 Å². The summed E-state index contributed by atoms with van der Waals surface area (Å²) >= 11 is 0. The van der Waals surface area contributed by atoms with Gasteiger partial charge in [-0.3, -0.25) is 0 Å². The molecule has 1 heterocycles. The van der Waals surface area contributed by atoms with Crippen molar-refractivity contribution in [3.05, 3.63) is 59.7 Å². The molecule has 0 spiro atoms. The minimum absolute atomic E-state index is 0.0254. The van der Waals surface area contributed by atoms with Crippen LogP contribution in [0.25, 0.3) is 0 Å². The third-order valence-electron chi connectivity index (χ3n) is 3.76. The predicted molar refractivity (Wildman–Crippen MR) is 83.9 cm³/mol. The predicted octanol–water partition coefficient (Wildman–Crippen LogP) is 3.49. The molecule has 0 bridgehead atoms. The molecular formula is C18H21NO2. The van der Waals surface area contributed by atoms with E-state index in [9.17, 15) is 0 Å². The molecule has 0 aromatic heterocycles. The normalized spacial score (nSPS) is 20.5. The van der Waals surface area contributed by atoms with E-state index in [1.165, 1.54) is 11.1 Å². The van der Waals surface area contributed by atoms with Gasteiger partial charge in [0.2, 0.25) is 0 Å². The lowest BCUT2D eigenvalue weighted by molar-refractivity contribution is 0.0752. The second kappa shape index (κ2) is 6.19. The van der Waals surface area contributed by atoms with E-state index in [1.54, 1.807) is 0 Å². The Morgan fingerprint density at radius 3 is 2.67 bits per heavy atom. The molecule has 1 aliphatic heterocycles. The average Bonchev–Trinajstić information content (AvgIpc) is 2.52. The van der Waals surface area contributed by atoms with Crippen molar-refractivity contribution >= 4 is 0 Å². The lowest BCUT2D eigenvalue weighted by Crippen LogP contribution is -2.42. The molecule has 0 saturated heterocycles. The smallest absolute Gasteiger partial charge is 0.152 e. The molecule has 1 N–H and O–H groups in total. The van der Waals surface area contributed by atoms with Gasteiger partial charge in [-0.2, -0.15) is 0 Å². The Labute approximate surface area is 125 Å².